The molecule has 25 heavy (non-hydrogen) atoms. The lowest BCUT2D eigenvalue weighted by molar-refractivity contribution is -0.117. The first kappa shape index (κ1) is 16.8. The fourth-order valence-electron chi connectivity index (χ4n) is 2.66. The Morgan fingerprint density at radius 2 is 2.08 bits per heavy atom. The number of hydrogen-bond donors (Lipinski definition) is 2. The van der Waals surface area contributed by atoms with Gasteiger partial charge in [0.1, 0.15) is 11.6 Å². The maximum absolute atomic E-state index is 12.2. The molecule has 4 nitrogen and oxygen atoms in total. The van der Waals surface area contributed by atoms with Gasteiger partial charge >= 0.3 is 0 Å². The number of hydrogen-bond acceptors (Lipinski definition) is 2. The molecule has 0 atom stereocenters. The molecule has 0 fully saturated rings. The topological polar surface area (TPSA) is 68.7 Å². The Balaban J connectivity index is 1.64. The summed E-state index contributed by atoms with van der Waals surface area (Å²) in [6, 6.07) is 17.0. The third kappa shape index (κ3) is 4.09. The average Bonchev–Trinajstić information content (AvgIpc) is 3.03. The second-order valence-electron chi connectivity index (χ2n) is 5.59. The number of carbonyl (C=O) groups excluding carboxylic acids is 1. The molecule has 0 radical (unpaired) electrons. The van der Waals surface area contributed by atoms with Crippen molar-refractivity contribution in [2.75, 3.05) is 6.54 Å². The number of H-pyrrole nitrogens is 1. The van der Waals surface area contributed by atoms with Crippen LogP contribution in [0.2, 0.25) is 5.02 Å². The number of rotatable bonds is 5. The molecule has 0 unspecified atom stereocenters. The highest BCUT2D eigenvalue weighted by atomic mass is 35.5. The maximum Gasteiger partial charge on any atom is 0.261 e. The Morgan fingerprint density at radius 1 is 1.24 bits per heavy atom. The minimum Gasteiger partial charge on any atom is -0.361 e. The molecule has 1 heterocycles. The number of nitriles is 1. The van der Waals surface area contributed by atoms with E-state index in [1.165, 1.54) is 6.08 Å². The summed E-state index contributed by atoms with van der Waals surface area (Å²) in [4.78, 5) is 15.4. The molecule has 0 aliphatic heterocycles. The molecule has 0 bridgehead atoms. The molecule has 5 heteroatoms. The van der Waals surface area contributed by atoms with E-state index in [2.05, 4.69) is 10.3 Å². The highest BCUT2D eigenvalue weighted by Crippen LogP contribution is 2.18. The lowest BCUT2D eigenvalue weighted by Gasteiger charge is -2.04. The van der Waals surface area contributed by atoms with E-state index in [9.17, 15) is 10.1 Å². The minimum absolute atomic E-state index is 0.0567. The van der Waals surface area contributed by atoms with Gasteiger partial charge in [0.25, 0.3) is 5.91 Å². The van der Waals surface area contributed by atoms with Crippen molar-refractivity contribution >= 4 is 34.5 Å². The summed E-state index contributed by atoms with van der Waals surface area (Å²) in [5.41, 5.74) is 2.98. The maximum atomic E-state index is 12.2. The Bertz CT molecular complexity index is 982. The van der Waals surface area contributed by atoms with E-state index in [0.29, 0.717) is 18.0 Å². The van der Waals surface area contributed by atoms with Crippen LogP contribution in [0, 0.1) is 11.3 Å². The van der Waals surface area contributed by atoms with Crippen molar-refractivity contribution in [1.29, 1.82) is 5.26 Å². The Kier molecular flexibility index (Phi) is 5.17. The van der Waals surface area contributed by atoms with Gasteiger partial charge in [0.05, 0.1) is 0 Å². The second-order valence-corrected chi connectivity index (χ2v) is 6.03. The van der Waals surface area contributed by atoms with Gasteiger partial charge in [-0.15, -0.1) is 0 Å². The van der Waals surface area contributed by atoms with Crippen LogP contribution >= 0.6 is 11.6 Å². The Hall–Kier alpha value is -3.03. The van der Waals surface area contributed by atoms with E-state index in [1.54, 1.807) is 24.3 Å². The molecule has 1 aromatic heterocycles. The van der Waals surface area contributed by atoms with E-state index in [1.807, 2.05) is 36.5 Å². The molecule has 2 N–H and O–H groups in total. The zero-order chi connectivity index (χ0) is 17.6. The molecule has 3 aromatic rings. The summed E-state index contributed by atoms with van der Waals surface area (Å²) in [7, 11) is 0. The molecule has 0 aliphatic rings. The van der Waals surface area contributed by atoms with Crippen LogP contribution in [0.1, 0.15) is 11.1 Å². The third-order valence-electron chi connectivity index (χ3n) is 3.88. The largest absolute Gasteiger partial charge is 0.361 e. The number of nitrogens with one attached hydrogen (secondary N) is 2. The number of amides is 1. The van der Waals surface area contributed by atoms with Crippen molar-refractivity contribution in [1.82, 2.24) is 10.3 Å². The Labute approximate surface area is 150 Å². The fourth-order valence-corrected chi connectivity index (χ4v) is 2.85. The monoisotopic (exact) mass is 349 g/mol. The first-order chi connectivity index (χ1) is 12.2. The van der Waals surface area contributed by atoms with Crippen LogP contribution in [-0.2, 0) is 11.2 Å². The van der Waals surface area contributed by atoms with Crippen molar-refractivity contribution in [2.24, 2.45) is 0 Å². The summed E-state index contributed by atoms with van der Waals surface area (Å²) >= 11 is 5.92. The standard InChI is InChI=1S/C20H16ClN3O/c21-17-5-3-4-14(11-17)10-16(12-22)20(25)23-9-8-15-13-24-19-7-2-1-6-18(15)19/h1-7,10-11,13,24H,8-9H2,(H,23,25)/b16-10-. The van der Waals surface area contributed by atoms with Gasteiger partial charge in [-0.05, 0) is 41.8 Å². The lowest BCUT2D eigenvalue weighted by atomic mass is 10.1. The second kappa shape index (κ2) is 7.69. The highest BCUT2D eigenvalue weighted by molar-refractivity contribution is 6.30. The van der Waals surface area contributed by atoms with Gasteiger partial charge in [-0.3, -0.25) is 4.79 Å². The van der Waals surface area contributed by atoms with Crippen LogP contribution in [0.5, 0.6) is 0 Å². The molecule has 3 rings (SSSR count). The number of halogens is 1. The normalized spacial score (nSPS) is 11.3. The van der Waals surface area contributed by atoms with E-state index in [4.69, 9.17) is 11.6 Å². The quantitative estimate of drug-likeness (QED) is 0.538. The van der Waals surface area contributed by atoms with Gasteiger partial charge in [0.15, 0.2) is 0 Å². The number of benzene rings is 2. The predicted octanol–water partition coefficient (Wildman–Crippen LogP) is 4.09. The zero-order valence-corrected chi connectivity index (χ0v) is 14.2. The van der Waals surface area contributed by atoms with Gasteiger partial charge in [-0.25, -0.2) is 0 Å². The predicted molar refractivity (Wildman–Crippen MR) is 100 cm³/mol. The van der Waals surface area contributed by atoms with Crippen LogP contribution < -0.4 is 5.32 Å². The smallest absolute Gasteiger partial charge is 0.261 e. The third-order valence-corrected chi connectivity index (χ3v) is 4.11. The summed E-state index contributed by atoms with van der Waals surface area (Å²) < 4.78 is 0. The molecule has 2 aromatic carbocycles. The molecular formula is C20H16ClN3O. The first-order valence-corrected chi connectivity index (χ1v) is 8.26. The van der Waals surface area contributed by atoms with Crippen LogP contribution in [0.4, 0.5) is 0 Å². The van der Waals surface area contributed by atoms with Gasteiger partial charge < -0.3 is 10.3 Å². The number of nitrogens with zero attached hydrogens (tertiary/aromatic N) is 1. The molecule has 0 saturated heterocycles. The van der Waals surface area contributed by atoms with Crippen LogP contribution in [-0.4, -0.2) is 17.4 Å². The average molecular weight is 350 g/mol. The van der Waals surface area contributed by atoms with E-state index >= 15 is 0 Å². The summed E-state index contributed by atoms with van der Waals surface area (Å²) in [5.74, 6) is -0.387. The Morgan fingerprint density at radius 3 is 2.88 bits per heavy atom. The summed E-state index contributed by atoms with van der Waals surface area (Å²) in [5, 5.41) is 13.7. The van der Waals surface area contributed by atoms with Crippen LogP contribution in [0.15, 0.2) is 60.3 Å². The number of para-hydroxylation sites is 1. The van der Waals surface area contributed by atoms with E-state index in [0.717, 1.165) is 22.0 Å². The highest BCUT2D eigenvalue weighted by Gasteiger charge is 2.09. The molecule has 0 aliphatic carbocycles. The van der Waals surface area contributed by atoms with Crippen molar-refractivity contribution in [2.45, 2.75) is 6.42 Å². The summed E-state index contributed by atoms with van der Waals surface area (Å²) in [6.45, 7) is 0.454. The number of carbonyl (C=O) groups is 1. The number of aromatic amines is 1. The lowest BCUT2D eigenvalue weighted by Crippen LogP contribution is -2.26. The van der Waals surface area contributed by atoms with E-state index < -0.39 is 0 Å². The fraction of sp³-hybridized carbons (Fsp3) is 0.100. The summed E-state index contributed by atoms with van der Waals surface area (Å²) in [6.07, 6.45) is 4.17. The van der Waals surface area contributed by atoms with Crippen molar-refractivity contribution < 1.29 is 4.79 Å². The van der Waals surface area contributed by atoms with Crippen molar-refractivity contribution in [3.8, 4) is 6.07 Å². The van der Waals surface area contributed by atoms with Gasteiger partial charge in [-0.2, -0.15) is 5.26 Å². The zero-order valence-electron chi connectivity index (χ0n) is 13.4. The first-order valence-electron chi connectivity index (χ1n) is 7.88. The molecule has 1 amide bonds. The van der Waals surface area contributed by atoms with Crippen LogP contribution in [0.3, 0.4) is 0 Å². The van der Waals surface area contributed by atoms with Gasteiger partial charge in [-0.1, -0.05) is 41.9 Å². The minimum atomic E-state index is -0.387. The molecule has 0 spiro atoms. The van der Waals surface area contributed by atoms with Gasteiger partial charge in [0, 0.05) is 28.7 Å². The van der Waals surface area contributed by atoms with Gasteiger partial charge in [0.2, 0.25) is 0 Å². The number of aromatic nitrogens is 1. The van der Waals surface area contributed by atoms with Crippen molar-refractivity contribution in [3.05, 3.63) is 76.5 Å². The molecular weight excluding hydrogens is 334 g/mol. The molecule has 0 saturated carbocycles. The van der Waals surface area contributed by atoms with Crippen LogP contribution in [0.25, 0.3) is 17.0 Å². The number of fused-ring (bicyclic) bond motifs is 1. The van der Waals surface area contributed by atoms with E-state index in [-0.39, 0.29) is 11.5 Å². The molecule has 124 valence electrons. The SMILES string of the molecule is N#C/C(=C/c1cccc(Cl)c1)C(=O)NCCc1c[nH]c2ccccc12. The van der Waals surface area contributed by atoms with Crippen molar-refractivity contribution in [3.63, 3.8) is 0 Å².